The van der Waals surface area contributed by atoms with E-state index >= 15 is 0 Å². The Morgan fingerprint density at radius 2 is 1.60 bits per heavy atom. The molecule has 1 saturated carbocycles. The summed E-state index contributed by atoms with van der Waals surface area (Å²) >= 11 is 0. The molecule has 4 radical (unpaired) electrons. The summed E-state index contributed by atoms with van der Waals surface area (Å²) in [5.41, 5.74) is 0. The minimum Gasteiger partial charge on any atom is -0.493 e. The summed E-state index contributed by atoms with van der Waals surface area (Å²) in [6.07, 6.45) is 2.65. The SMILES string of the molecule is CC.COc1ccccc1OC.[B]C1([B])C(=O)CCC2CCN(C)C21. The van der Waals surface area contributed by atoms with E-state index in [0.29, 0.717) is 12.3 Å². The number of carbonyl (C=O) groups excluding carboxylic acids is 1. The number of hydrogen-bond donors (Lipinski definition) is 0. The van der Waals surface area contributed by atoms with Crippen LogP contribution in [0.25, 0.3) is 0 Å². The van der Waals surface area contributed by atoms with E-state index in [0.717, 1.165) is 30.9 Å². The molecular formula is C19H29B2NO3. The summed E-state index contributed by atoms with van der Waals surface area (Å²) in [4.78, 5) is 13.7. The summed E-state index contributed by atoms with van der Waals surface area (Å²) in [5.74, 6) is 2.08. The van der Waals surface area contributed by atoms with E-state index < -0.39 is 5.21 Å². The van der Waals surface area contributed by atoms with Crippen molar-refractivity contribution in [1.82, 2.24) is 4.90 Å². The normalized spacial score (nSPS) is 24.1. The largest absolute Gasteiger partial charge is 0.493 e. The molecule has 2 aliphatic rings. The lowest BCUT2D eigenvalue weighted by Crippen LogP contribution is -2.49. The van der Waals surface area contributed by atoms with Crippen molar-refractivity contribution in [2.75, 3.05) is 27.8 Å². The van der Waals surface area contributed by atoms with Crippen molar-refractivity contribution in [2.24, 2.45) is 5.92 Å². The van der Waals surface area contributed by atoms with Crippen molar-refractivity contribution in [2.45, 2.75) is 44.4 Å². The molecule has 2 unspecified atom stereocenters. The number of nitrogens with zero attached hydrogens (tertiary/aromatic N) is 1. The minimum atomic E-state index is -1.10. The maximum atomic E-state index is 11.5. The number of carbonyl (C=O) groups is 1. The Morgan fingerprint density at radius 3 is 2.08 bits per heavy atom. The van der Waals surface area contributed by atoms with Crippen molar-refractivity contribution in [3.8, 4) is 11.5 Å². The first-order valence-corrected chi connectivity index (χ1v) is 8.90. The molecule has 0 aromatic heterocycles. The quantitative estimate of drug-likeness (QED) is 0.776. The van der Waals surface area contributed by atoms with Crippen molar-refractivity contribution >= 4 is 21.5 Å². The third-order valence-corrected chi connectivity index (χ3v) is 4.78. The number of ketones is 1. The number of methoxy groups -OCH3 is 2. The fourth-order valence-electron chi connectivity index (χ4n) is 3.57. The van der Waals surface area contributed by atoms with E-state index in [1.54, 1.807) is 14.2 Å². The van der Waals surface area contributed by atoms with Crippen molar-refractivity contribution < 1.29 is 14.3 Å². The first kappa shape index (κ1) is 21.6. The van der Waals surface area contributed by atoms with Gasteiger partial charge < -0.3 is 19.2 Å². The fourth-order valence-corrected chi connectivity index (χ4v) is 3.57. The van der Waals surface area contributed by atoms with Gasteiger partial charge in [-0.05, 0) is 49.7 Å². The van der Waals surface area contributed by atoms with Crippen molar-refractivity contribution in [3.05, 3.63) is 24.3 Å². The minimum absolute atomic E-state index is 0.0162. The van der Waals surface area contributed by atoms with E-state index in [4.69, 9.17) is 25.2 Å². The Labute approximate surface area is 155 Å². The second-order valence-electron chi connectivity index (χ2n) is 6.22. The van der Waals surface area contributed by atoms with Crippen LogP contribution < -0.4 is 9.47 Å². The van der Waals surface area contributed by atoms with Gasteiger partial charge >= 0.3 is 0 Å². The Morgan fingerprint density at radius 1 is 1.08 bits per heavy atom. The molecule has 1 aromatic carbocycles. The second kappa shape index (κ2) is 9.91. The van der Waals surface area contributed by atoms with Crippen LogP contribution in [-0.2, 0) is 4.79 Å². The van der Waals surface area contributed by atoms with E-state index in [9.17, 15) is 4.79 Å². The molecule has 1 aromatic rings. The van der Waals surface area contributed by atoms with Gasteiger partial charge in [-0.3, -0.25) is 0 Å². The highest BCUT2D eigenvalue weighted by Gasteiger charge is 2.47. The Bertz CT molecular complexity index is 528. The van der Waals surface area contributed by atoms with Gasteiger partial charge in [0.15, 0.2) is 11.5 Å². The molecule has 25 heavy (non-hydrogen) atoms. The summed E-state index contributed by atoms with van der Waals surface area (Å²) in [6.45, 7) is 5.01. The lowest BCUT2D eigenvalue weighted by molar-refractivity contribution is -0.123. The zero-order chi connectivity index (χ0) is 19.0. The van der Waals surface area contributed by atoms with Gasteiger partial charge in [0.25, 0.3) is 0 Å². The molecule has 0 bridgehead atoms. The van der Waals surface area contributed by atoms with Gasteiger partial charge in [-0.15, -0.1) is 0 Å². The van der Waals surface area contributed by atoms with Crippen LogP contribution in [0.3, 0.4) is 0 Å². The van der Waals surface area contributed by atoms with Crippen molar-refractivity contribution in [1.29, 1.82) is 0 Å². The van der Waals surface area contributed by atoms with Crippen LogP contribution in [-0.4, -0.2) is 60.2 Å². The van der Waals surface area contributed by atoms with E-state index in [1.807, 2.05) is 45.2 Å². The Balaban J connectivity index is 0.000000235. The maximum absolute atomic E-state index is 11.5. The fraction of sp³-hybridized carbons (Fsp3) is 0.632. The molecule has 2 fully saturated rings. The summed E-state index contributed by atoms with van der Waals surface area (Å²) in [7, 11) is 17.0. The number of fused-ring (bicyclic) bond motifs is 1. The molecule has 1 aliphatic carbocycles. The molecular weight excluding hydrogens is 312 g/mol. The highest BCUT2D eigenvalue weighted by Crippen LogP contribution is 2.45. The van der Waals surface area contributed by atoms with Crippen LogP contribution in [0.15, 0.2) is 24.3 Å². The second-order valence-corrected chi connectivity index (χ2v) is 6.22. The van der Waals surface area contributed by atoms with Crippen LogP contribution in [0.1, 0.15) is 33.1 Å². The molecule has 0 spiro atoms. The Kier molecular flexibility index (Phi) is 8.57. The molecule has 0 N–H and O–H groups in total. The van der Waals surface area contributed by atoms with Gasteiger partial charge in [0, 0.05) is 12.5 Å². The molecule has 6 heteroatoms. The van der Waals surface area contributed by atoms with E-state index in [1.165, 1.54) is 0 Å². The highest BCUT2D eigenvalue weighted by atomic mass is 16.5. The van der Waals surface area contributed by atoms with Gasteiger partial charge in [0.1, 0.15) is 5.78 Å². The summed E-state index contributed by atoms with van der Waals surface area (Å²) in [5, 5.41) is -1.10. The number of para-hydroxylation sites is 2. The topological polar surface area (TPSA) is 38.8 Å². The molecule has 2 atom stereocenters. The first-order valence-electron chi connectivity index (χ1n) is 8.90. The molecule has 1 aliphatic heterocycles. The van der Waals surface area contributed by atoms with Gasteiger partial charge in [-0.1, -0.05) is 26.0 Å². The monoisotopic (exact) mass is 341 g/mol. The highest BCUT2D eigenvalue weighted by molar-refractivity contribution is 6.51. The van der Waals surface area contributed by atoms with Crippen LogP contribution >= 0.6 is 0 Å². The third kappa shape index (κ3) is 5.04. The maximum Gasteiger partial charge on any atom is 0.160 e. The summed E-state index contributed by atoms with van der Waals surface area (Å²) < 4.78 is 10.0. The number of hydrogen-bond acceptors (Lipinski definition) is 4. The molecule has 1 heterocycles. The Hall–Kier alpha value is -1.42. The number of ether oxygens (including phenoxy) is 2. The average molecular weight is 341 g/mol. The van der Waals surface area contributed by atoms with Crippen LogP contribution in [0.2, 0.25) is 5.21 Å². The number of rotatable bonds is 2. The predicted molar refractivity (Wildman–Crippen MR) is 104 cm³/mol. The lowest BCUT2D eigenvalue weighted by Gasteiger charge is -2.43. The molecule has 1 saturated heterocycles. The van der Waals surface area contributed by atoms with Crippen LogP contribution in [0.5, 0.6) is 11.5 Å². The zero-order valence-electron chi connectivity index (χ0n) is 16.1. The van der Waals surface area contributed by atoms with Gasteiger partial charge in [-0.2, -0.15) is 0 Å². The smallest absolute Gasteiger partial charge is 0.160 e. The van der Waals surface area contributed by atoms with Crippen LogP contribution in [0, 0.1) is 5.92 Å². The summed E-state index contributed by atoms with van der Waals surface area (Å²) in [6, 6.07) is 7.59. The standard InChI is InChI=1S/C9H13B2NO.C8H10O2.C2H6/c1-12-5-4-6-2-3-7(13)9(10,11)8(6)12;1-9-7-5-3-4-6-8(7)10-2;1-2/h6,8H,2-5H2,1H3;3-6H,1-2H3;1-2H3. The molecule has 134 valence electrons. The van der Waals surface area contributed by atoms with E-state index in [2.05, 4.69) is 4.90 Å². The van der Waals surface area contributed by atoms with Crippen molar-refractivity contribution in [3.63, 3.8) is 0 Å². The number of benzene rings is 1. The zero-order valence-corrected chi connectivity index (χ0v) is 16.1. The molecule has 3 rings (SSSR count). The third-order valence-electron chi connectivity index (χ3n) is 4.78. The van der Waals surface area contributed by atoms with Gasteiger partial charge in [0.2, 0.25) is 0 Å². The lowest BCUT2D eigenvalue weighted by atomic mass is 9.44. The van der Waals surface area contributed by atoms with Crippen LogP contribution in [0.4, 0.5) is 0 Å². The average Bonchev–Trinajstić information content (AvgIpc) is 3.03. The van der Waals surface area contributed by atoms with E-state index in [-0.39, 0.29) is 11.8 Å². The molecule has 0 amide bonds. The number of likely N-dealkylation sites (tertiary alicyclic amines) is 1. The first-order chi connectivity index (χ1) is 11.9. The number of Topliss-reactive ketones (excluding diaryl/α,β-unsaturated/α-hetero) is 1. The van der Waals surface area contributed by atoms with Gasteiger partial charge in [0.05, 0.1) is 29.9 Å². The van der Waals surface area contributed by atoms with Gasteiger partial charge in [-0.25, -0.2) is 0 Å². The molecule has 4 nitrogen and oxygen atoms in total. The predicted octanol–water partition coefficient (Wildman–Crippen LogP) is 2.85.